The summed E-state index contributed by atoms with van der Waals surface area (Å²) in [6, 6.07) is 9.93. The van der Waals surface area contributed by atoms with Crippen LogP contribution in [0.25, 0.3) is 0 Å². The maximum atomic E-state index is 13.3. The lowest BCUT2D eigenvalue weighted by molar-refractivity contribution is 0.210. The van der Waals surface area contributed by atoms with Crippen molar-refractivity contribution in [1.29, 1.82) is 0 Å². The highest BCUT2D eigenvalue weighted by atomic mass is 32.1. The van der Waals surface area contributed by atoms with Crippen LogP contribution in [0.3, 0.4) is 0 Å². The van der Waals surface area contributed by atoms with Gasteiger partial charge in [0.05, 0.1) is 13.2 Å². The molecule has 1 aliphatic rings. The summed E-state index contributed by atoms with van der Waals surface area (Å²) in [5.74, 6) is -0.628. The molecule has 0 spiro atoms. The summed E-state index contributed by atoms with van der Waals surface area (Å²) in [4.78, 5) is 0. The monoisotopic (exact) mass is 384 g/mol. The predicted octanol–water partition coefficient (Wildman–Crippen LogP) is 4.75. The predicted molar refractivity (Wildman–Crippen MR) is 106 cm³/mol. The first-order valence-corrected chi connectivity index (χ1v) is 11.1. The van der Waals surface area contributed by atoms with E-state index in [0.717, 1.165) is 18.4 Å². The molecule has 0 saturated heterocycles. The van der Waals surface area contributed by atoms with Crippen LogP contribution in [-0.4, -0.2) is 24.4 Å². The first kappa shape index (κ1) is 20.4. The molecule has 1 atom stereocenters. The van der Waals surface area contributed by atoms with Crippen LogP contribution in [0.2, 0.25) is 0 Å². The van der Waals surface area contributed by atoms with Crippen molar-refractivity contribution in [3.05, 3.63) is 35.9 Å². The average molecular weight is 384 g/mol. The molecule has 0 heterocycles. The van der Waals surface area contributed by atoms with Gasteiger partial charge >= 0.3 is 7.60 Å². The van der Waals surface area contributed by atoms with Crippen LogP contribution < -0.4 is 10.6 Å². The van der Waals surface area contributed by atoms with E-state index in [1.165, 1.54) is 19.3 Å². The van der Waals surface area contributed by atoms with E-state index in [4.69, 9.17) is 21.3 Å². The molecule has 1 fully saturated rings. The van der Waals surface area contributed by atoms with Crippen molar-refractivity contribution >= 4 is 24.9 Å². The Balaban J connectivity index is 2.16. The maximum absolute atomic E-state index is 13.3. The van der Waals surface area contributed by atoms with Gasteiger partial charge in [0.2, 0.25) is 0 Å². The smallest absolute Gasteiger partial charge is 0.357 e. The summed E-state index contributed by atoms with van der Waals surface area (Å²) >= 11 is 5.49. The topological polar surface area (TPSA) is 59.6 Å². The second-order valence-electron chi connectivity index (χ2n) is 6.14. The lowest BCUT2D eigenvalue weighted by atomic mass is 9.96. The summed E-state index contributed by atoms with van der Waals surface area (Å²) in [6.45, 7) is 4.24. The second-order valence-corrected chi connectivity index (χ2v) is 8.66. The minimum absolute atomic E-state index is 0.311. The van der Waals surface area contributed by atoms with E-state index < -0.39 is 13.4 Å². The molecule has 0 aromatic heterocycles. The highest BCUT2D eigenvalue weighted by Gasteiger charge is 2.37. The Bertz CT molecular complexity index is 569. The lowest BCUT2D eigenvalue weighted by Crippen LogP contribution is -2.44. The molecule has 5 nitrogen and oxygen atoms in total. The Labute approximate surface area is 156 Å². The summed E-state index contributed by atoms with van der Waals surface area (Å²) in [5, 5.41) is 7.06. The van der Waals surface area contributed by atoms with Gasteiger partial charge in [0.1, 0.15) is 0 Å². The third-order valence-electron chi connectivity index (χ3n) is 4.26. The number of hydrogen-bond acceptors (Lipinski definition) is 4. The largest absolute Gasteiger partial charge is 0.360 e. The molecule has 1 saturated carbocycles. The van der Waals surface area contributed by atoms with Crippen molar-refractivity contribution in [3.63, 3.8) is 0 Å². The minimum atomic E-state index is -3.40. The van der Waals surface area contributed by atoms with Gasteiger partial charge in [0, 0.05) is 6.04 Å². The zero-order valence-corrected chi connectivity index (χ0v) is 16.8. The van der Waals surface area contributed by atoms with Gasteiger partial charge in [-0.15, -0.1) is 0 Å². The van der Waals surface area contributed by atoms with Crippen molar-refractivity contribution in [2.75, 3.05) is 13.2 Å². The van der Waals surface area contributed by atoms with E-state index in [9.17, 15) is 4.57 Å². The Kier molecular flexibility index (Phi) is 8.37. The van der Waals surface area contributed by atoms with Crippen LogP contribution in [0.4, 0.5) is 0 Å². The zero-order chi connectivity index (χ0) is 18.1. The standard InChI is InChI=1S/C18H29N2O3PS/c1-3-22-24(21,23-4-2)17(15-11-7-5-8-12-15)20-18(25)19-16-13-9-6-10-14-16/h5,7-8,11-12,16-17H,3-4,6,9-10,13-14H2,1-2H3,(H2,19,20,25). The van der Waals surface area contributed by atoms with Crippen LogP contribution in [0, 0.1) is 0 Å². The first-order chi connectivity index (χ1) is 12.1. The van der Waals surface area contributed by atoms with Crippen LogP contribution in [0.1, 0.15) is 57.3 Å². The zero-order valence-electron chi connectivity index (χ0n) is 15.1. The number of hydrogen-bond donors (Lipinski definition) is 2. The molecule has 0 aliphatic heterocycles. The fraction of sp³-hybridized carbons (Fsp3) is 0.611. The Hall–Kier alpha value is -0.940. The Morgan fingerprint density at radius 1 is 1.16 bits per heavy atom. The van der Waals surface area contributed by atoms with E-state index in [-0.39, 0.29) is 0 Å². The summed E-state index contributed by atoms with van der Waals surface area (Å²) in [7, 11) is -3.40. The number of thiocarbonyl (C=S) groups is 1. The molecule has 1 aromatic rings. The van der Waals surface area contributed by atoms with Gasteiger partial charge in [-0.05, 0) is 44.5 Å². The molecule has 0 amide bonds. The molecule has 25 heavy (non-hydrogen) atoms. The molecule has 7 heteroatoms. The van der Waals surface area contributed by atoms with E-state index in [0.29, 0.717) is 24.4 Å². The van der Waals surface area contributed by atoms with E-state index in [2.05, 4.69) is 10.6 Å². The molecular weight excluding hydrogens is 355 g/mol. The molecule has 1 aliphatic carbocycles. The minimum Gasteiger partial charge on any atom is -0.360 e. The van der Waals surface area contributed by atoms with Gasteiger partial charge in [-0.25, -0.2) is 0 Å². The summed E-state index contributed by atoms with van der Waals surface area (Å²) in [5.41, 5.74) is 0.834. The normalized spacial score (nSPS) is 17.0. The van der Waals surface area contributed by atoms with Crippen molar-refractivity contribution in [3.8, 4) is 0 Å². The molecule has 0 bridgehead atoms. The lowest BCUT2D eigenvalue weighted by Gasteiger charge is -2.30. The van der Waals surface area contributed by atoms with Crippen LogP contribution in [-0.2, 0) is 13.6 Å². The first-order valence-electron chi connectivity index (χ1n) is 9.09. The van der Waals surface area contributed by atoms with E-state index >= 15 is 0 Å². The van der Waals surface area contributed by atoms with Gasteiger partial charge in [-0.1, -0.05) is 49.6 Å². The van der Waals surface area contributed by atoms with Crippen LogP contribution in [0.15, 0.2) is 30.3 Å². The molecule has 140 valence electrons. The third-order valence-corrected chi connectivity index (χ3v) is 6.79. The van der Waals surface area contributed by atoms with Gasteiger partial charge in [0.15, 0.2) is 10.9 Å². The van der Waals surface area contributed by atoms with Crippen LogP contribution >= 0.6 is 19.8 Å². The van der Waals surface area contributed by atoms with Crippen molar-refractivity contribution < 1.29 is 13.6 Å². The van der Waals surface area contributed by atoms with Crippen molar-refractivity contribution in [1.82, 2.24) is 10.6 Å². The third kappa shape index (κ3) is 6.07. The number of nitrogens with one attached hydrogen (secondary N) is 2. The molecular formula is C18H29N2O3PS. The second kappa shape index (κ2) is 10.3. The van der Waals surface area contributed by atoms with Gasteiger partial charge < -0.3 is 19.7 Å². The van der Waals surface area contributed by atoms with Gasteiger partial charge in [-0.2, -0.15) is 0 Å². The SMILES string of the molecule is CCOP(=O)(OCC)C(NC(=S)NC1CCCCC1)c1ccccc1. The van der Waals surface area contributed by atoms with Gasteiger partial charge in [-0.3, -0.25) is 4.57 Å². The van der Waals surface area contributed by atoms with Crippen molar-refractivity contribution in [2.24, 2.45) is 0 Å². The fourth-order valence-electron chi connectivity index (χ4n) is 3.12. The van der Waals surface area contributed by atoms with E-state index in [1.807, 2.05) is 44.2 Å². The Morgan fingerprint density at radius 3 is 2.32 bits per heavy atom. The molecule has 1 aromatic carbocycles. The summed E-state index contributed by atoms with van der Waals surface area (Å²) < 4.78 is 24.5. The van der Waals surface area contributed by atoms with Gasteiger partial charge in [0.25, 0.3) is 0 Å². The number of benzene rings is 1. The molecule has 2 N–H and O–H groups in total. The fourth-order valence-corrected chi connectivity index (χ4v) is 5.41. The highest BCUT2D eigenvalue weighted by molar-refractivity contribution is 7.80. The molecule has 2 rings (SSSR count). The van der Waals surface area contributed by atoms with Crippen LogP contribution in [0.5, 0.6) is 0 Å². The maximum Gasteiger partial charge on any atom is 0.357 e. The van der Waals surface area contributed by atoms with E-state index in [1.54, 1.807) is 0 Å². The molecule has 0 radical (unpaired) electrons. The molecule has 1 unspecified atom stereocenters. The average Bonchev–Trinajstić information content (AvgIpc) is 2.61. The quantitative estimate of drug-likeness (QED) is 0.498. The number of rotatable bonds is 8. The van der Waals surface area contributed by atoms with Crippen molar-refractivity contribution in [2.45, 2.75) is 57.8 Å². The Morgan fingerprint density at radius 2 is 1.76 bits per heavy atom. The highest BCUT2D eigenvalue weighted by Crippen LogP contribution is 2.59. The summed E-state index contributed by atoms with van der Waals surface area (Å²) in [6.07, 6.45) is 5.96.